The van der Waals surface area contributed by atoms with E-state index in [-0.39, 0.29) is 5.78 Å². The molecule has 0 aliphatic carbocycles. The number of carbonyl (C=O) groups is 1. The van der Waals surface area contributed by atoms with E-state index in [9.17, 15) is 4.79 Å². The Balaban J connectivity index is 1.97. The summed E-state index contributed by atoms with van der Waals surface area (Å²) in [5.74, 6) is 0.902. The Morgan fingerprint density at radius 1 is 1.15 bits per heavy atom. The maximum atomic E-state index is 12.4. The van der Waals surface area contributed by atoms with Crippen LogP contribution in [0.5, 0.6) is 5.75 Å². The van der Waals surface area contributed by atoms with Gasteiger partial charge in [0.15, 0.2) is 0 Å². The molecule has 0 saturated carbocycles. The molecule has 0 N–H and O–H groups in total. The topological polar surface area (TPSA) is 26.3 Å². The van der Waals surface area contributed by atoms with E-state index in [1.165, 1.54) is 11.8 Å². The van der Waals surface area contributed by atoms with Gasteiger partial charge in [-0.1, -0.05) is 35.5 Å². The first-order valence-corrected chi connectivity index (χ1v) is 7.18. The molecule has 3 heteroatoms. The molecule has 2 aromatic rings. The molecule has 0 aromatic heterocycles. The van der Waals surface area contributed by atoms with E-state index in [2.05, 4.69) is 0 Å². The van der Waals surface area contributed by atoms with Crippen LogP contribution in [-0.4, -0.2) is 12.9 Å². The van der Waals surface area contributed by atoms with Crippen molar-refractivity contribution in [2.45, 2.75) is 11.8 Å². The Morgan fingerprint density at radius 3 is 2.80 bits per heavy atom. The number of aryl methyl sites for hydroxylation is 1. The van der Waals surface area contributed by atoms with Gasteiger partial charge in [-0.25, -0.2) is 0 Å². The van der Waals surface area contributed by atoms with Gasteiger partial charge >= 0.3 is 0 Å². The van der Waals surface area contributed by atoms with Crippen molar-refractivity contribution in [2.24, 2.45) is 0 Å². The molecule has 2 nitrogen and oxygen atoms in total. The van der Waals surface area contributed by atoms with Crippen molar-refractivity contribution in [2.75, 3.05) is 7.11 Å². The second-order valence-electron chi connectivity index (χ2n) is 4.72. The van der Waals surface area contributed by atoms with E-state index in [4.69, 9.17) is 4.74 Å². The van der Waals surface area contributed by atoms with Crippen LogP contribution in [-0.2, 0) is 0 Å². The van der Waals surface area contributed by atoms with Crippen LogP contribution >= 0.6 is 11.8 Å². The summed E-state index contributed by atoms with van der Waals surface area (Å²) in [6.07, 6.45) is 1.92. The summed E-state index contributed by atoms with van der Waals surface area (Å²) in [6.45, 7) is 2.00. The second-order valence-corrected chi connectivity index (χ2v) is 5.80. The third-order valence-corrected chi connectivity index (χ3v) is 4.31. The van der Waals surface area contributed by atoms with Gasteiger partial charge in [0, 0.05) is 10.5 Å². The van der Waals surface area contributed by atoms with Crippen LogP contribution in [0.15, 0.2) is 52.3 Å². The highest BCUT2D eigenvalue weighted by molar-refractivity contribution is 8.04. The van der Waals surface area contributed by atoms with Crippen LogP contribution in [0.2, 0.25) is 0 Å². The molecular formula is C17H14O2S. The normalized spacial score (nSPS) is 15.5. The summed E-state index contributed by atoms with van der Waals surface area (Å²) in [7, 11) is 1.64. The molecule has 100 valence electrons. The number of allylic oxidation sites excluding steroid dienone is 1. The molecule has 0 atom stereocenters. The van der Waals surface area contributed by atoms with Gasteiger partial charge in [0.2, 0.25) is 5.78 Å². The van der Waals surface area contributed by atoms with Crippen molar-refractivity contribution >= 4 is 23.6 Å². The number of fused-ring (bicyclic) bond motifs is 1. The maximum absolute atomic E-state index is 12.4. The molecular weight excluding hydrogens is 268 g/mol. The molecule has 3 rings (SSSR count). The average Bonchev–Trinajstić information content (AvgIpc) is 2.76. The highest BCUT2D eigenvalue weighted by Crippen LogP contribution is 2.41. The molecule has 0 spiro atoms. The summed E-state index contributed by atoms with van der Waals surface area (Å²) < 4.78 is 5.20. The van der Waals surface area contributed by atoms with Crippen molar-refractivity contribution < 1.29 is 9.53 Å². The minimum atomic E-state index is 0.108. The van der Waals surface area contributed by atoms with Crippen molar-refractivity contribution in [1.82, 2.24) is 0 Å². The number of ketones is 1. The minimum absolute atomic E-state index is 0.108. The number of ether oxygens (including phenoxy) is 1. The van der Waals surface area contributed by atoms with Crippen LogP contribution in [0.25, 0.3) is 6.08 Å². The van der Waals surface area contributed by atoms with Gasteiger partial charge < -0.3 is 4.74 Å². The molecule has 0 amide bonds. The molecule has 0 bridgehead atoms. The van der Waals surface area contributed by atoms with E-state index in [0.29, 0.717) is 0 Å². The zero-order valence-electron chi connectivity index (χ0n) is 11.3. The molecule has 0 unspecified atom stereocenters. The summed E-state index contributed by atoms with van der Waals surface area (Å²) in [5, 5.41) is 0. The van der Waals surface area contributed by atoms with Crippen LogP contribution < -0.4 is 4.74 Å². The predicted molar refractivity (Wildman–Crippen MR) is 82.3 cm³/mol. The van der Waals surface area contributed by atoms with Crippen molar-refractivity contribution in [3.8, 4) is 5.75 Å². The lowest BCUT2D eigenvalue weighted by molar-refractivity contribution is 0.104. The third kappa shape index (κ3) is 2.37. The van der Waals surface area contributed by atoms with Crippen molar-refractivity contribution in [3.63, 3.8) is 0 Å². The molecule has 1 aliphatic heterocycles. The number of benzene rings is 2. The highest BCUT2D eigenvalue weighted by Gasteiger charge is 2.25. The van der Waals surface area contributed by atoms with Gasteiger partial charge in [0.25, 0.3) is 0 Å². The van der Waals surface area contributed by atoms with E-state index < -0.39 is 0 Å². The van der Waals surface area contributed by atoms with Crippen molar-refractivity contribution in [1.29, 1.82) is 0 Å². The first-order valence-electron chi connectivity index (χ1n) is 6.36. The van der Waals surface area contributed by atoms with E-state index >= 15 is 0 Å². The fraction of sp³-hybridized carbons (Fsp3) is 0.118. The molecule has 0 fully saturated rings. The van der Waals surface area contributed by atoms with Gasteiger partial charge in [0.1, 0.15) is 5.75 Å². The van der Waals surface area contributed by atoms with Gasteiger partial charge in [-0.2, -0.15) is 0 Å². The molecule has 2 aromatic carbocycles. The summed E-state index contributed by atoms with van der Waals surface area (Å²) in [6, 6.07) is 13.7. The largest absolute Gasteiger partial charge is 0.497 e. The first kappa shape index (κ1) is 13.0. The predicted octanol–water partition coefficient (Wildman–Crippen LogP) is 4.33. The van der Waals surface area contributed by atoms with E-state index in [0.717, 1.165) is 32.2 Å². The highest BCUT2D eigenvalue weighted by atomic mass is 32.2. The summed E-state index contributed by atoms with van der Waals surface area (Å²) >= 11 is 1.53. The Bertz CT molecular complexity index is 717. The number of methoxy groups -OCH3 is 1. The van der Waals surface area contributed by atoms with E-state index in [1.54, 1.807) is 7.11 Å². The molecule has 0 radical (unpaired) electrons. The Kier molecular flexibility index (Phi) is 3.36. The zero-order valence-corrected chi connectivity index (χ0v) is 12.2. The van der Waals surface area contributed by atoms with Crippen LogP contribution in [0.3, 0.4) is 0 Å². The zero-order chi connectivity index (χ0) is 14.1. The van der Waals surface area contributed by atoms with E-state index in [1.807, 2.05) is 55.5 Å². The number of thioether (sulfide) groups is 1. The Labute approximate surface area is 122 Å². The standard InChI is InChI=1S/C17H14O2S/c1-11-6-7-15-14(8-11)17(18)16(20-15)10-12-4-3-5-13(9-12)19-2/h3-10H,1-2H3/b16-10-. The lowest BCUT2D eigenvalue weighted by atomic mass is 10.1. The lowest BCUT2D eigenvalue weighted by Crippen LogP contribution is -1.94. The number of hydrogen-bond donors (Lipinski definition) is 0. The lowest BCUT2D eigenvalue weighted by Gasteiger charge is -2.01. The molecule has 0 saturated heterocycles. The average molecular weight is 282 g/mol. The van der Waals surface area contributed by atoms with Crippen molar-refractivity contribution in [3.05, 3.63) is 64.1 Å². The molecule has 20 heavy (non-hydrogen) atoms. The summed E-state index contributed by atoms with van der Waals surface area (Å²) in [4.78, 5) is 14.2. The summed E-state index contributed by atoms with van der Waals surface area (Å²) in [5.41, 5.74) is 2.90. The smallest absolute Gasteiger partial charge is 0.200 e. The monoisotopic (exact) mass is 282 g/mol. The first-order chi connectivity index (χ1) is 9.67. The third-order valence-electron chi connectivity index (χ3n) is 3.21. The Hall–Kier alpha value is -2.00. The minimum Gasteiger partial charge on any atom is -0.497 e. The quantitative estimate of drug-likeness (QED) is 0.767. The van der Waals surface area contributed by atoms with Gasteiger partial charge in [-0.3, -0.25) is 4.79 Å². The number of Topliss-reactive ketones (excluding diaryl/α,β-unsaturated/α-hetero) is 1. The van der Waals surface area contributed by atoms with Gasteiger partial charge in [-0.15, -0.1) is 0 Å². The molecule has 1 aliphatic rings. The van der Waals surface area contributed by atoms with Crippen LogP contribution in [0, 0.1) is 6.92 Å². The fourth-order valence-electron chi connectivity index (χ4n) is 2.19. The molecule has 1 heterocycles. The number of hydrogen-bond acceptors (Lipinski definition) is 3. The number of carbonyl (C=O) groups excluding carboxylic acids is 1. The number of rotatable bonds is 2. The SMILES string of the molecule is COc1cccc(/C=C2\Sc3ccc(C)cc3C2=O)c1. The second kappa shape index (κ2) is 5.17. The van der Waals surface area contributed by atoms with Gasteiger partial charge in [0.05, 0.1) is 12.0 Å². The fourth-order valence-corrected chi connectivity index (χ4v) is 3.22. The Morgan fingerprint density at radius 2 is 2.00 bits per heavy atom. The maximum Gasteiger partial charge on any atom is 0.200 e. The van der Waals surface area contributed by atoms with Gasteiger partial charge in [-0.05, 0) is 42.8 Å². The van der Waals surface area contributed by atoms with Crippen LogP contribution in [0.1, 0.15) is 21.5 Å². The van der Waals surface area contributed by atoms with Crippen LogP contribution in [0.4, 0.5) is 0 Å².